The molecule has 0 bridgehead atoms. The summed E-state index contributed by atoms with van der Waals surface area (Å²) in [4.78, 5) is 21.7. The van der Waals surface area contributed by atoms with Crippen LogP contribution in [0.25, 0.3) is 0 Å². The smallest absolute Gasteiger partial charge is 0.269 e. The number of hydrogen-bond donors (Lipinski definition) is 2. The van der Waals surface area contributed by atoms with Crippen molar-refractivity contribution >= 4 is 23.5 Å². The molecule has 0 atom stereocenters. The number of non-ortho nitro benzene ring substituents is 1. The van der Waals surface area contributed by atoms with Crippen molar-refractivity contribution < 1.29 is 9.72 Å². The summed E-state index contributed by atoms with van der Waals surface area (Å²) in [7, 11) is 0. The highest BCUT2D eigenvalue weighted by atomic mass is 16.6. The molecular formula is C16H16N4O3. The Balaban J connectivity index is 1.80. The molecule has 0 saturated heterocycles. The summed E-state index contributed by atoms with van der Waals surface area (Å²) in [5.41, 5.74) is 5.01. The average Bonchev–Trinajstić information content (AvgIpc) is 2.53. The second-order valence-corrected chi connectivity index (χ2v) is 4.86. The van der Waals surface area contributed by atoms with Crippen molar-refractivity contribution in [1.29, 1.82) is 0 Å². The number of aryl methyl sites for hydroxylation is 1. The maximum Gasteiger partial charge on any atom is 0.269 e. The van der Waals surface area contributed by atoms with Gasteiger partial charge < -0.3 is 5.32 Å². The van der Waals surface area contributed by atoms with E-state index >= 15 is 0 Å². The minimum atomic E-state index is -0.473. The number of rotatable bonds is 6. The zero-order chi connectivity index (χ0) is 16.7. The van der Waals surface area contributed by atoms with E-state index in [0.717, 1.165) is 11.3 Å². The number of carbonyl (C=O) groups excluding carboxylic acids is 1. The molecule has 0 aromatic heterocycles. The van der Waals surface area contributed by atoms with Gasteiger partial charge in [0, 0.05) is 17.8 Å². The molecule has 0 unspecified atom stereocenters. The van der Waals surface area contributed by atoms with E-state index in [1.807, 2.05) is 31.2 Å². The van der Waals surface area contributed by atoms with Gasteiger partial charge in [0.15, 0.2) is 0 Å². The Labute approximate surface area is 133 Å². The Morgan fingerprint density at radius 1 is 1.26 bits per heavy atom. The molecule has 1 amide bonds. The van der Waals surface area contributed by atoms with Gasteiger partial charge in [0.2, 0.25) is 0 Å². The molecule has 2 aromatic carbocycles. The third kappa shape index (κ3) is 5.24. The first-order chi connectivity index (χ1) is 11.0. The van der Waals surface area contributed by atoms with E-state index in [4.69, 9.17) is 0 Å². The van der Waals surface area contributed by atoms with Crippen LogP contribution in [0.3, 0.4) is 0 Å². The highest BCUT2D eigenvalue weighted by Gasteiger charge is 2.03. The van der Waals surface area contributed by atoms with Crippen LogP contribution >= 0.6 is 0 Å². The van der Waals surface area contributed by atoms with Crippen LogP contribution in [0.4, 0.5) is 11.4 Å². The Bertz CT molecular complexity index is 726. The summed E-state index contributed by atoms with van der Waals surface area (Å²) < 4.78 is 0. The molecular weight excluding hydrogens is 296 g/mol. The van der Waals surface area contributed by atoms with Crippen molar-refractivity contribution in [3.63, 3.8) is 0 Å². The number of nitrogens with zero attached hydrogens (tertiary/aromatic N) is 2. The molecule has 0 heterocycles. The third-order valence-electron chi connectivity index (χ3n) is 2.98. The van der Waals surface area contributed by atoms with Crippen LogP contribution < -0.4 is 10.7 Å². The van der Waals surface area contributed by atoms with Gasteiger partial charge in [-0.25, -0.2) is 5.43 Å². The Morgan fingerprint density at radius 3 is 2.65 bits per heavy atom. The predicted octanol–water partition coefficient (Wildman–Crippen LogP) is 2.47. The van der Waals surface area contributed by atoms with Gasteiger partial charge in [-0.2, -0.15) is 5.10 Å². The van der Waals surface area contributed by atoms with Crippen LogP contribution in [-0.2, 0) is 4.79 Å². The van der Waals surface area contributed by atoms with Gasteiger partial charge in [-0.1, -0.05) is 12.1 Å². The zero-order valence-corrected chi connectivity index (χ0v) is 12.5. The van der Waals surface area contributed by atoms with Crippen molar-refractivity contribution in [1.82, 2.24) is 5.43 Å². The molecule has 7 nitrogen and oxygen atoms in total. The van der Waals surface area contributed by atoms with Crippen molar-refractivity contribution in [2.75, 3.05) is 11.9 Å². The van der Waals surface area contributed by atoms with E-state index in [9.17, 15) is 14.9 Å². The number of nitrogens with one attached hydrogen (secondary N) is 2. The van der Waals surface area contributed by atoms with Crippen LogP contribution in [0, 0.1) is 17.0 Å². The minimum Gasteiger partial charge on any atom is -0.376 e. The first-order valence-corrected chi connectivity index (χ1v) is 6.91. The number of nitro groups is 1. The summed E-state index contributed by atoms with van der Waals surface area (Å²) in [6, 6.07) is 13.6. The van der Waals surface area contributed by atoms with E-state index in [0.29, 0.717) is 5.56 Å². The van der Waals surface area contributed by atoms with Crippen LogP contribution in [0.15, 0.2) is 53.6 Å². The lowest BCUT2D eigenvalue weighted by Crippen LogP contribution is -2.25. The van der Waals surface area contributed by atoms with Gasteiger partial charge in [0.1, 0.15) is 0 Å². The highest BCUT2D eigenvalue weighted by molar-refractivity contribution is 5.84. The number of hydrogen-bond acceptors (Lipinski definition) is 5. The Kier molecular flexibility index (Phi) is 5.40. The maximum atomic E-state index is 11.7. The van der Waals surface area contributed by atoms with Gasteiger partial charge in [-0.15, -0.1) is 0 Å². The highest BCUT2D eigenvalue weighted by Crippen LogP contribution is 2.10. The lowest BCUT2D eigenvalue weighted by molar-refractivity contribution is -0.384. The Morgan fingerprint density at radius 2 is 2.00 bits per heavy atom. The molecule has 2 aromatic rings. The second-order valence-electron chi connectivity index (χ2n) is 4.86. The minimum absolute atomic E-state index is 0.00791. The number of anilines is 1. The normalized spacial score (nSPS) is 10.5. The van der Waals surface area contributed by atoms with Crippen molar-refractivity contribution in [3.05, 3.63) is 69.8 Å². The van der Waals surface area contributed by atoms with Gasteiger partial charge in [0.05, 0.1) is 17.7 Å². The summed E-state index contributed by atoms with van der Waals surface area (Å²) >= 11 is 0. The summed E-state index contributed by atoms with van der Waals surface area (Å²) in [5, 5.41) is 17.3. The van der Waals surface area contributed by atoms with Gasteiger partial charge in [-0.05, 0) is 42.3 Å². The molecule has 118 valence electrons. The monoisotopic (exact) mass is 312 g/mol. The second kappa shape index (κ2) is 7.69. The van der Waals surface area contributed by atoms with E-state index in [1.54, 1.807) is 12.1 Å². The van der Waals surface area contributed by atoms with Crippen LogP contribution in [-0.4, -0.2) is 23.6 Å². The molecule has 2 rings (SSSR count). The van der Waals surface area contributed by atoms with Crippen molar-refractivity contribution in [3.8, 4) is 0 Å². The fourth-order valence-electron chi connectivity index (χ4n) is 1.84. The first kappa shape index (κ1) is 16.2. The molecule has 0 saturated carbocycles. The molecule has 0 aliphatic heterocycles. The molecule has 0 aliphatic carbocycles. The number of hydrazone groups is 1. The van der Waals surface area contributed by atoms with Crippen LogP contribution in [0.1, 0.15) is 11.1 Å². The van der Waals surface area contributed by atoms with E-state index in [1.165, 1.54) is 18.3 Å². The van der Waals surface area contributed by atoms with Gasteiger partial charge in [-0.3, -0.25) is 14.9 Å². The lowest BCUT2D eigenvalue weighted by atomic mass is 10.2. The molecule has 0 aliphatic rings. The van der Waals surface area contributed by atoms with Gasteiger partial charge in [0.25, 0.3) is 11.6 Å². The quantitative estimate of drug-likeness (QED) is 0.486. The predicted molar refractivity (Wildman–Crippen MR) is 88.5 cm³/mol. The van der Waals surface area contributed by atoms with E-state index < -0.39 is 4.92 Å². The fourth-order valence-corrected chi connectivity index (χ4v) is 1.84. The zero-order valence-electron chi connectivity index (χ0n) is 12.5. The van der Waals surface area contributed by atoms with Gasteiger partial charge >= 0.3 is 0 Å². The molecule has 0 fully saturated rings. The molecule has 0 spiro atoms. The van der Waals surface area contributed by atoms with E-state index in [2.05, 4.69) is 15.8 Å². The Hall–Kier alpha value is -3.22. The van der Waals surface area contributed by atoms with Crippen molar-refractivity contribution in [2.24, 2.45) is 5.10 Å². The summed E-state index contributed by atoms with van der Waals surface area (Å²) in [5.74, 6) is -0.287. The lowest BCUT2D eigenvalue weighted by Gasteiger charge is -2.05. The molecule has 23 heavy (non-hydrogen) atoms. The van der Waals surface area contributed by atoms with Crippen LogP contribution in [0.2, 0.25) is 0 Å². The first-order valence-electron chi connectivity index (χ1n) is 6.91. The number of carbonyl (C=O) groups is 1. The summed E-state index contributed by atoms with van der Waals surface area (Å²) in [6.45, 7) is 2.07. The number of benzene rings is 2. The standard InChI is InChI=1S/C16H16N4O3/c1-12-3-2-4-14(9-12)17-11-16(21)19-18-10-13-5-7-15(8-6-13)20(22)23/h2-10,17H,11H2,1H3,(H,19,21)/b18-10+. The molecule has 2 N–H and O–H groups in total. The largest absolute Gasteiger partial charge is 0.376 e. The topological polar surface area (TPSA) is 96.6 Å². The fraction of sp³-hybridized carbons (Fsp3) is 0.125. The molecule has 7 heteroatoms. The van der Waals surface area contributed by atoms with Crippen LogP contribution in [0.5, 0.6) is 0 Å². The summed E-state index contributed by atoms with van der Waals surface area (Å²) in [6.07, 6.45) is 1.42. The number of nitro benzene ring substituents is 1. The SMILES string of the molecule is Cc1cccc(NCC(=O)N/N=C/c2ccc([N+](=O)[O-])cc2)c1. The van der Waals surface area contributed by atoms with E-state index in [-0.39, 0.29) is 18.1 Å². The van der Waals surface area contributed by atoms with Crippen molar-refractivity contribution in [2.45, 2.75) is 6.92 Å². The number of amides is 1. The third-order valence-corrected chi connectivity index (χ3v) is 2.98. The average molecular weight is 312 g/mol. The molecule has 0 radical (unpaired) electrons. The maximum absolute atomic E-state index is 11.7.